The van der Waals surface area contributed by atoms with Gasteiger partial charge in [0.05, 0.1) is 24.7 Å². The van der Waals surface area contributed by atoms with Crippen LogP contribution in [0, 0.1) is 18.6 Å². The molecule has 1 aliphatic rings. The third-order valence-electron chi connectivity index (χ3n) is 6.09. The summed E-state index contributed by atoms with van der Waals surface area (Å²) in [7, 11) is 3.36. The van der Waals surface area contributed by atoms with Gasteiger partial charge in [-0.1, -0.05) is 13.8 Å². The van der Waals surface area contributed by atoms with Gasteiger partial charge in [-0.3, -0.25) is 4.57 Å². The monoisotopic (exact) mass is 492 g/mol. The Morgan fingerprint density at radius 3 is 2.53 bits per heavy atom. The molecule has 3 aromatic heterocycles. The quantitative estimate of drug-likeness (QED) is 0.394. The van der Waals surface area contributed by atoms with E-state index in [1.54, 1.807) is 43.4 Å². The molecule has 186 valence electrons. The molecule has 0 spiro atoms. The molecule has 0 bridgehead atoms. The summed E-state index contributed by atoms with van der Waals surface area (Å²) in [6, 6.07) is 5.64. The number of nitrogens with zero attached hydrogens (tertiary/aromatic N) is 6. The first-order chi connectivity index (χ1) is 17.2. The van der Waals surface area contributed by atoms with E-state index < -0.39 is 11.6 Å². The number of halogens is 2. The van der Waals surface area contributed by atoms with E-state index in [9.17, 15) is 8.78 Å². The lowest BCUT2D eigenvalue weighted by Gasteiger charge is -2.22. The van der Waals surface area contributed by atoms with Crippen molar-refractivity contribution < 1.29 is 13.5 Å². The van der Waals surface area contributed by atoms with Crippen molar-refractivity contribution in [1.82, 2.24) is 24.5 Å². The predicted octanol–water partition coefficient (Wildman–Crippen LogP) is 4.87. The van der Waals surface area contributed by atoms with Crippen LogP contribution in [0.5, 0.6) is 5.75 Å². The molecule has 1 aliphatic heterocycles. The van der Waals surface area contributed by atoms with Gasteiger partial charge in [-0.2, -0.15) is 9.97 Å². The van der Waals surface area contributed by atoms with Gasteiger partial charge in [0.1, 0.15) is 18.0 Å². The van der Waals surface area contributed by atoms with E-state index in [4.69, 9.17) is 9.72 Å². The molecule has 4 heterocycles. The van der Waals surface area contributed by atoms with Gasteiger partial charge < -0.3 is 20.3 Å². The van der Waals surface area contributed by atoms with Crippen molar-refractivity contribution in [3.8, 4) is 11.6 Å². The molecule has 36 heavy (non-hydrogen) atoms. The smallest absolute Gasteiger partial charge is 0.231 e. The first kappa shape index (κ1) is 23.5. The van der Waals surface area contributed by atoms with Gasteiger partial charge in [-0.05, 0) is 19.1 Å². The van der Waals surface area contributed by atoms with Crippen LogP contribution in [0.2, 0.25) is 0 Å². The van der Waals surface area contributed by atoms with Gasteiger partial charge >= 0.3 is 0 Å². The fourth-order valence-corrected chi connectivity index (χ4v) is 4.44. The Bertz CT molecular complexity index is 1450. The summed E-state index contributed by atoms with van der Waals surface area (Å²) in [4.78, 5) is 20.1. The highest BCUT2D eigenvalue weighted by molar-refractivity contribution is 5.76. The number of pyridine rings is 1. The molecule has 2 N–H and O–H groups in total. The highest BCUT2D eigenvalue weighted by Crippen LogP contribution is 2.46. The second-order valence-electron chi connectivity index (χ2n) is 9.21. The Morgan fingerprint density at radius 1 is 1.06 bits per heavy atom. The molecule has 0 unspecified atom stereocenters. The molecule has 0 fully saturated rings. The van der Waals surface area contributed by atoms with Gasteiger partial charge in [-0.25, -0.2) is 18.7 Å². The first-order valence-electron chi connectivity index (χ1n) is 11.3. The molecule has 9 nitrogen and oxygen atoms in total. The van der Waals surface area contributed by atoms with E-state index in [0.717, 1.165) is 17.3 Å². The fraction of sp³-hybridized carbons (Fsp3) is 0.280. The largest absolute Gasteiger partial charge is 0.493 e. The topological polar surface area (TPSA) is 93.0 Å². The minimum Gasteiger partial charge on any atom is -0.493 e. The number of methoxy groups -OCH3 is 1. The molecule has 5 rings (SSSR count). The molecule has 4 aromatic rings. The van der Waals surface area contributed by atoms with E-state index >= 15 is 0 Å². The number of aryl methyl sites for hydroxylation is 1. The van der Waals surface area contributed by atoms with Gasteiger partial charge in [0.15, 0.2) is 23.2 Å². The van der Waals surface area contributed by atoms with E-state index in [0.29, 0.717) is 47.1 Å². The first-order valence-corrected chi connectivity index (χ1v) is 11.3. The van der Waals surface area contributed by atoms with Gasteiger partial charge in [-0.15, -0.1) is 0 Å². The minimum absolute atomic E-state index is 0.318. The Hall–Kier alpha value is -4.28. The van der Waals surface area contributed by atoms with E-state index in [2.05, 4.69) is 39.4 Å². The summed E-state index contributed by atoms with van der Waals surface area (Å²) in [6.45, 7) is 6.55. The fourth-order valence-electron chi connectivity index (χ4n) is 4.44. The van der Waals surface area contributed by atoms with Crippen molar-refractivity contribution in [3.63, 3.8) is 0 Å². The number of imidazole rings is 1. The zero-order chi connectivity index (χ0) is 25.6. The zero-order valence-electron chi connectivity index (χ0n) is 20.6. The summed E-state index contributed by atoms with van der Waals surface area (Å²) in [5.74, 6) is 0.901. The second kappa shape index (κ2) is 8.74. The van der Waals surface area contributed by atoms with Crippen molar-refractivity contribution in [2.45, 2.75) is 26.2 Å². The maximum Gasteiger partial charge on any atom is 0.231 e. The molecular formula is C25H26F2N8O. The van der Waals surface area contributed by atoms with E-state index in [-0.39, 0.29) is 5.41 Å². The van der Waals surface area contributed by atoms with Crippen LogP contribution in [0.25, 0.3) is 5.82 Å². The van der Waals surface area contributed by atoms with Gasteiger partial charge in [0, 0.05) is 48.6 Å². The molecule has 0 saturated carbocycles. The standard InChI is InChI=1S/C25H26F2N8O/c1-14-11-34(13-30-14)22-19(36-5)8-15(10-29-22)31-24-32-21(28-4)20-23(33-24)35(12-25(20,2)3)16-6-7-17(26)18(27)9-16/h6-11,13H,12H2,1-5H3,(H2,28,31,32,33). The summed E-state index contributed by atoms with van der Waals surface area (Å²) < 4.78 is 35.0. The number of fused-ring (bicyclic) bond motifs is 1. The normalized spacial score (nSPS) is 14.0. The molecule has 0 aliphatic carbocycles. The molecule has 11 heteroatoms. The summed E-state index contributed by atoms with van der Waals surface area (Å²) in [5.41, 5.74) is 2.54. The Kier molecular flexibility index (Phi) is 5.70. The molecule has 0 atom stereocenters. The van der Waals surface area contributed by atoms with Gasteiger partial charge in [0.25, 0.3) is 0 Å². The molecule has 0 saturated heterocycles. The van der Waals surface area contributed by atoms with Crippen LogP contribution < -0.4 is 20.3 Å². The Balaban J connectivity index is 1.54. The number of anilines is 5. The van der Waals surface area contributed by atoms with Crippen molar-refractivity contribution in [2.75, 3.05) is 36.2 Å². The third-order valence-corrected chi connectivity index (χ3v) is 6.09. The summed E-state index contributed by atoms with van der Waals surface area (Å²) in [6.07, 6.45) is 5.18. The van der Waals surface area contributed by atoms with Crippen LogP contribution in [-0.2, 0) is 5.41 Å². The summed E-state index contributed by atoms with van der Waals surface area (Å²) in [5, 5.41) is 6.35. The van der Waals surface area contributed by atoms with Crippen LogP contribution in [-0.4, -0.2) is 45.2 Å². The SMILES string of the molecule is CNc1nc(Nc2cnc(-n3cnc(C)c3)c(OC)c2)nc2c1C(C)(C)CN2c1ccc(F)c(F)c1. The lowest BCUT2D eigenvalue weighted by Crippen LogP contribution is -2.25. The number of rotatable bonds is 6. The third kappa shape index (κ3) is 4.06. The number of aromatic nitrogens is 5. The predicted molar refractivity (Wildman–Crippen MR) is 134 cm³/mol. The maximum atomic E-state index is 14.1. The van der Waals surface area contributed by atoms with Gasteiger partial charge in [0.2, 0.25) is 5.95 Å². The molecule has 0 radical (unpaired) electrons. The molecule has 1 aromatic carbocycles. The number of hydrogen-bond acceptors (Lipinski definition) is 8. The highest BCUT2D eigenvalue weighted by atomic mass is 19.2. The number of ether oxygens (including phenoxy) is 1. The van der Waals surface area contributed by atoms with E-state index in [1.165, 1.54) is 6.07 Å². The van der Waals surface area contributed by atoms with Crippen molar-refractivity contribution in [3.05, 3.63) is 65.9 Å². The zero-order valence-corrected chi connectivity index (χ0v) is 20.6. The maximum absolute atomic E-state index is 14.1. The lowest BCUT2D eigenvalue weighted by atomic mass is 9.88. The molecule has 0 amide bonds. The highest BCUT2D eigenvalue weighted by Gasteiger charge is 2.40. The van der Waals surface area contributed by atoms with Crippen molar-refractivity contribution in [2.24, 2.45) is 0 Å². The lowest BCUT2D eigenvalue weighted by molar-refractivity contribution is 0.411. The summed E-state index contributed by atoms with van der Waals surface area (Å²) >= 11 is 0. The number of nitrogens with one attached hydrogen (secondary N) is 2. The average Bonchev–Trinajstić information content (AvgIpc) is 3.40. The van der Waals surface area contributed by atoms with Crippen LogP contribution >= 0.6 is 0 Å². The van der Waals surface area contributed by atoms with Crippen LogP contribution in [0.1, 0.15) is 25.1 Å². The van der Waals surface area contributed by atoms with Crippen molar-refractivity contribution >= 4 is 29.0 Å². The molecular weight excluding hydrogens is 466 g/mol. The Morgan fingerprint density at radius 2 is 1.86 bits per heavy atom. The minimum atomic E-state index is -0.911. The average molecular weight is 493 g/mol. The number of benzene rings is 1. The van der Waals surface area contributed by atoms with Crippen LogP contribution in [0.3, 0.4) is 0 Å². The number of hydrogen-bond donors (Lipinski definition) is 2. The Labute approximate surface area is 207 Å². The second-order valence-corrected chi connectivity index (χ2v) is 9.21. The van der Waals surface area contributed by atoms with Crippen LogP contribution in [0.15, 0.2) is 43.0 Å². The van der Waals surface area contributed by atoms with Crippen molar-refractivity contribution in [1.29, 1.82) is 0 Å². The van der Waals surface area contributed by atoms with E-state index in [1.807, 2.05) is 18.0 Å². The van der Waals surface area contributed by atoms with Crippen LogP contribution in [0.4, 0.5) is 37.7 Å².